The molecule has 0 aliphatic carbocycles. The molecule has 130 valence electrons. The zero-order valence-electron chi connectivity index (χ0n) is 12.2. The third kappa shape index (κ3) is 3.08. The van der Waals surface area contributed by atoms with Gasteiger partial charge in [0.15, 0.2) is 9.84 Å². The molecule has 0 unspecified atom stereocenters. The molecule has 2 aromatic rings. The molecule has 24 heavy (non-hydrogen) atoms. The summed E-state index contributed by atoms with van der Waals surface area (Å²) >= 11 is 0. The van der Waals surface area contributed by atoms with E-state index in [2.05, 4.69) is 0 Å². The van der Waals surface area contributed by atoms with Crippen molar-refractivity contribution in [2.24, 2.45) is 0 Å². The van der Waals surface area contributed by atoms with Gasteiger partial charge in [0.25, 0.3) is 0 Å². The van der Waals surface area contributed by atoms with Gasteiger partial charge < -0.3 is 4.42 Å². The van der Waals surface area contributed by atoms with E-state index in [4.69, 9.17) is 4.42 Å². The highest BCUT2D eigenvalue weighted by atomic mass is 32.2. The van der Waals surface area contributed by atoms with Gasteiger partial charge in [-0.05, 0) is 30.3 Å². The van der Waals surface area contributed by atoms with Crippen molar-refractivity contribution < 1.29 is 30.0 Å². The molecule has 1 saturated heterocycles. The molecule has 6 nitrogen and oxygen atoms in total. The largest absolute Gasteiger partial charge is 0.468 e. The Morgan fingerprint density at radius 1 is 1.12 bits per heavy atom. The Labute approximate surface area is 137 Å². The van der Waals surface area contributed by atoms with Crippen molar-refractivity contribution in [2.45, 2.75) is 15.9 Å². The third-order valence-electron chi connectivity index (χ3n) is 3.76. The van der Waals surface area contributed by atoms with Crippen LogP contribution in [0.5, 0.6) is 0 Å². The molecule has 1 aromatic heterocycles. The van der Waals surface area contributed by atoms with Gasteiger partial charge in [0.05, 0.1) is 11.5 Å². The Balaban J connectivity index is 1.75. The highest BCUT2D eigenvalue weighted by Gasteiger charge is 2.44. The number of sulfonamides is 1. The second-order valence-electron chi connectivity index (χ2n) is 5.41. The van der Waals surface area contributed by atoms with E-state index in [1.54, 1.807) is 6.07 Å². The summed E-state index contributed by atoms with van der Waals surface area (Å²) in [5.41, 5.74) is 0. The van der Waals surface area contributed by atoms with Gasteiger partial charge in [0.2, 0.25) is 10.0 Å². The van der Waals surface area contributed by atoms with Gasteiger partial charge in [-0.15, -0.1) is 0 Å². The maximum atomic E-state index is 13.7. The molecule has 0 radical (unpaired) electrons. The van der Waals surface area contributed by atoms with E-state index in [0.29, 0.717) is 12.1 Å². The second kappa shape index (κ2) is 5.94. The lowest BCUT2D eigenvalue weighted by Crippen LogP contribution is -2.57. The Hall–Kier alpha value is -1.78. The maximum absolute atomic E-state index is 13.7. The number of furan rings is 1. The molecule has 1 aromatic carbocycles. The Morgan fingerprint density at radius 3 is 2.46 bits per heavy atom. The van der Waals surface area contributed by atoms with Crippen LogP contribution in [0.2, 0.25) is 0 Å². The van der Waals surface area contributed by atoms with E-state index < -0.39 is 41.6 Å². The van der Waals surface area contributed by atoms with Crippen molar-refractivity contribution in [3.8, 4) is 0 Å². The fourth-order valence-corrected chi connectivity index (χ4v) is 5.75. The van der Waals surface area contributed by atoms with E-state index >= 15 is 0 Å². The Kier molecular flexibility index (Phi) is 4.22. The number of hydrogen-bond donors (Lipinski definition) is 0. The van der Waals surface area contributed by atoms with Crippen LogP contribution in [0.3, 0.4) is 0 Å². The van der Waals surface area contributed by atoms with Gasteiger partial charge in [-0.2, -0.15) is 4.31 Å². The standard InChI is InChI=1S/C14H13F2NO5S2/c15-10-3-4-13(16)14(6-10)24(20,21)17-7-12(8-17)23(18,19)9-11-2-1-5-22-11/h1-6,12H,7-9H2. The first-order chi connectivity index (χ1) is 11.2. The minimum absolute atomic E-state index is 0.257. The van der Waals surface area contributed by atoms with Gasteiger partial charge in [-0.1, -0.05) is 0 Å². The Morgan fingerprint density at radius 2 is 1.83 bits per heavy atom. The first kappa shape index (κ1) is 17.1. The molecule has 0 saturated carbocycles. The van der Waals surface area contributed by atoms with Gasteiger partial charge in [0, 0.05) is 13.1 Å². The monoisotopic (exact) mass is 377 g/mol. The number of halogens is 2. The van der Waals surface area contributed by atoms with Crippen LogP contribution in [-0.4, -0.2) is 39.5 Å². The zero-order chi connectivity index (χ0) is 17.5. The summed E-state index contributed by atoms with van der Waals surface area (Å²) in [6, 6.07) is 5.16. The zero-order valence-corrected chi connectivity index (χ0v) is 13.9. The first-order valence-electron chi connectivity index (χ1n) is 6.89. The van der Waals surface area contributed by atoms with Crippen LogP contribution >= 0.6 is 0 Å². The van der Waals surface area contributed by atoms with Crippen molar-refractivity contribution >= 4 is 19.9 Å². The topological polar surface area (TPSA) is 84.7 Å². The molecule has 0 N–H and O–H groups in total. The lowest BCUT2D eigenvalue weighted by Gasteiger charge is -2.37. The molecule has 0 spiro atoms. The minimum atomic E-state index is -4.28. The van der Waals surface area contributed by atoms with Crippen LogP contribution in [0.25, 0.3) is 0 Å². The summed E-state index contributed by atoms with van der Waals surface area (Å²) < 4.78 is 81.6. The summed E-state index contributed by atoms with van der Waals surface area (Å²) in [7, 11) is -7.89. The SMILES string of the molecule is O=S(=O)(Cc1ccco1)C1CN(S(=O)(=O)c2cc(F)ccc2F)C1. The van der Waals surface area contributed by atoms with E-state index in [1.165, 1.54) is 12.3 Å². The first-order valence-corrected chi connectivity index (χ1v) is 10.0. The summed E-state index contributed by atoms with van der Waals surface area (Å²) in [4.78, 5) is -0.801. The van der Waals surface area contributed by atoms with Crippen molar-refractivity contribution in [3.63, 3.8) is 0 Å². The van der Waals surface area contributed by atoms with E-state index in [-0.39, 0.29) is 24.6 Å². The van der Waals surface area contributed by atoms with Crippen LogP contribution in [-0.2, 0) is 25.6 Å². The van der Waals surface area contributed by atoms with Gasteiger partial charge in [-0.3, -0.25) is 0 Å². The number of sulfone groups is 1. The summed E-state index contributed by atoms with van der Waals surface area (Å²) in [5, 5.41) is -0.908. The van der Waals surface area contributed by atoms with Crippen molar-refractivity contribution in [1.29, 1.82) is 0 Å². The molecule has 3 rings (SSSR count). The number of rotatable bonds is 5. The fraction of sp³-hybridized carbons (Fsp3) is 0.286. The third-order valence-corrected chi connectivity index (χ3v) is 7.60. The maximum Gasteiger partial charge on any atom is 0.246 e. The predicted octanol–water partition coefficient (Wildman–Crippen LogP) is 1.55. The number of nitrogens with zero attached hydrogens (tertiary/aromatic N) is 1. The lowest BCUT2D eigenvalue weighted by atomic mass is 10.3. The average molecular weight is 377 g/mol. The van der Waals surface area contributed by atoms with Crippen LogP contribution in [0, 0.1) is 11.6 Å². The molecule has 1 aliphatic heterocycles. The van der Waals surface area contributed by atoms with Crippen LogP contribution in [0.15, 0.2) is 45.9 Å². The quantitative estimate of drug-likeness (QED) is 0.789. The molecule has 2 heterocycles. The van der Waals surface area contributed by atoms with Crippen LogP contribution < -0.4 is 0 Å². The van der Waals surface area contributed by atoms with Gasteiger partial charge in [0.1, 0.15) is 28.0 Å². The molecular formula is C14H13F2NO5S2. The highest BCUT2D eigenvalue weighted by Crippen LogP contribution is 2.28. The predicted molar refractivity (Wildman–Crippen MR) is 80.2 cm³/mol. The normalized spacial score (nSPS) is 16.9. The van der Waals surface area contributed by atoms with Gasteiger partial charge >= 0.3 is 0 Å². The van der Waals surface area contributed by atoms with E-state index in [9.17, 15) is 25.6 Å². The molecular weight excluding hydrogens is 364 g/mol. The summed E-state index contributed by atoms with van der Waals surface area (Å²) in [6.45, 7) is -0.608. The average Bonchev–Trinajstić information content (AvgIpc) is 2.90. The molecule has 10 heteroatoms. The highest BCUT2D eigenvalue weighted by molar-refractivity contribution is 7.92. The van der Waals surface area contributed by atoms with E-state index in [0.717, 1.165) is 10.4 Å². The number of hydrogen-bond acceptors (Lipinski definition) is 5. The smallest absolute Gasteiger partial charge is 0.246 e. The number of benzene rings is 1. The lowest BCUT2D eigenvalue weighted by molar-refractivity contribution is 0.307. The van der Waals surface area contributed by atoms with Crippen molar-refractivity contribution in [2.75, 3.05) is 13.1 Å². The van der Waals surface area contributed by atoms with Crippen LogP contribution in [0.1, 0.15) is 5.76 Å². The van der Waals surface area contributed by atoms with Crippen molar-refractivity contribution in [3.05, 3.63) is 54.0 Å². The van der Waals surface area contributed by atoms with Crippen molar-refractivity contribution in [1.82, 2.24) is 4.31 Å². The summed E-state index contributed by atoms with van der Waals surface area (Å²) in [5.74, 6) is -2.06. The van der Waals surface area contributed by atoms with Crippen LogP contribution in [0.4, 0.5) is 8.78 Å². The Bertz CT molecular complexity index is 949. The van der Waals surface area contributed by atoms with Gasteiger partial charge in [-0.25, -0.2) is 25.6 Å². The second-order valence-corrected chi connectivity index (χ2v) is 9.59. The molecule has 1 aliphatic rings. The van der Waals surface area contributed by atoms with E-state index in [1.807, 2.05) is 0 Å². The molecule has 1 fully saturated rings. The fourth-order valence-electron chi connectivity index (χ4n) is 2.35. The molecule has 0 bridgehead atoms. The molecule has 0 amide bonds. The molecule has 0 atom stereocenters. The summed E-state index contributed by atoms with van der Waals surface area (Å²) in [6.07, 6.45) is 1.34. The minimum Gasteiger partial charge on any atom is -0.468 e.